The molecule has 0 saturated heterocycles. The van der Waals surface area contributed by atoms with E-state index < -0.39 is 5.97 Å². The van der Waals surface area contributed by atoms with Crippen molar-refractivity contribution in [2.45, 2.75) is 57.9 Å². The molecule has 2 heterocycles. The number of ether oxygens (including phenoxy) is 1. The fourth-order valence-electron chi connectivity index (χ4n) is 3.18. The van der Waals surface area contributed by atoms with E-state index in [1.807, 2.05) is 4.68 Å². The standard InChI is InChI=1S/C18H25N5O2/c1-18(2,3)23-16(9-13(22-23)12-7-5-6-8-12)21-15-11-19-10-14(20-15)17(24)25-4/h9-12H,5-8H2,1-4H3,(H,20,21). The average Bonchev–Trinajstić information content (AvgIpc) is 3.23. The second-order valence-electron chi connectivity index (χ2n) is 7.42. The van der Waals surface area contributed by atoms with Crippen LogP contribution in [-0.4, -0.2) is 32.8 Å². The first-order valence-corrected chi connectivity index (χ1v) is 8.66. The molecule has 0 amide bonds. The van der Waals surface area contributed by atoms with Gasteiger partial charge in [0.25, 0.3) is 0 Å². The second-order valence-corrected chi connectivity index (χ2v) is 7.42. The number of rotatable bonds is 4. The molecule has 25 heavy (non-hydrogen) atoms. The third-order valence-electron chi connectivity index (χ3n) is 4.42. The molecule has 1 aliphatic rings. The summed E-state index contributed by atoms with van der Waals surface area (Å²) >= 11 is 0. The van der Waals surface area contributed by atoms with Crippen molar-refractivity contribution in [1.82, 2.24) is 19.7 Å². The quantitative estimate of drug-likeness (QED) is 0.854. The van der Waals surface area contributed by atoms with Crippen molar-refractivity contribution >= 4 is 17.6 Å². The summed E-state index contributed by atoms with van der Waals surface area (Å²) in [6, 6.07) is 2.09. The Hall–Kier alpha value is -2.44. The van der Waals surface area contributed by atoms with Gasteiger partial charge in [-0.3, -0.25) is 4.98 Å². The summed E-state index contributed by atoms with van der Waals surface area (Å²) < 4.78 is 6.68. The van der Waals surface area contributed by atoms with Crippen LogP contribution in [0.2, 0.25) is 0 Å². The highest BCUT2D eigenvalue weighted by Gasteiger charge is 2.25. The van der Waals surface area contributed by atoms with Crippen LogP contribution in [0.5, 0.6) is 0 Å². The average molecular weight is 343 g/mol. The molecule has 1 N–H and O–H groups in total. The van der Waals surface area contributed by atoms with Crippen LogP contribution < -0.4 is 5.32 Å². The second kappa shape index (κ2) is 6.82. The number of carbonyl (C=O) groups excluding carboxylic acids is 1. The Bertz CT molecular complexity index is 757. The first kappa shape index (κ1) is 17.4. The highest BCUT2D eigenvalue weighted by Crippen LogP contribution is 2.36. The van der Waals surface area contributed by atoms with Gasteiger partial charge in [-0.05, 0) is 33.6 Å². The summed E-state index contributed by atoms with van der Waals surface area (Å²) in [5.74, 6) is 1.36. The predicted molar refractivity (Wildman–Crippen MR) is 95.1 cm³/mol. The van der Waals surface area contributed by atoms with Crippen LogP contribution in [0.3, 0.4) is 0 Å². The van der Waals surface area contributed by atoms with Crippen molar-refractivity contribution in [2.75, 3.05) is 12.4 Å². The maximum Gasteiger partial charge on any atom is 0.358 e. The lowest BCUT2D eigenvalue weighted by Gasteiger charge is -2.22. The Kier molecular flexibility index (Phi) is 4.74. The van der Waals surface area contributed by atoms with Gasteiger partial charge in [0.1, 0.15) is 5.82 Å². The number of aromatic nitrogens is 4. The SMILES string of the molecule is COC(=O)c1cncc(Nc2cc(C3CCCC3)nn2C(C)(C)C)n1. The van der Waals surface area contributed by atoms with Gasteiger partial charge in [-0.1, -0.05) is 12.8 Å². The van der Waals surface area contributed by atoms with Gasteiger partial charge < -0.3 is 10.1 Å². The Balaban J connectivity index is 1.92. The largest absolute Gasteiger partial charge is 0.464 e. The predicted octanol–water partition coefficient (Wildman–Crippen LogP) is 3.62. The van der Waals surface area contributed by atoms with Gasteiger partial charge in [0, 0.05) is 12.0 Å². The first-order chi connectivity index (χ1) is 11.9. The smallest absolute Gasteiger partial charge is 0.358 e. The maximum absolute atomic E-state index is 11.7. The van der Waals surface area contributed by atoms with Crippen molar-refractivity contribution in [2.24, 2.45) is 0 Å². The molecule has 0 unspecified atom stereocenters. The van der Waals surface area contributed by atoms with Gasteiger partial charge in [-0.2, -0.15) is 5.10 Å². The summed E-state index contributed by atoms with van der Waals surface area (Å²) in [6.07, 6.45) is 7.89. The van der Waals surface area contributed by atoms with Gasteiger partial charge in [-0.15, -0.1) is 0 Å². The van der Waals surface area contributed by atoms with E-state index in [4.69, 9.17) is 9.84 Å². The van der Waals surface area contributed by atoms with Crippen LogP contribution in [0, 0.1) is 0 Å². The van der Waals surface area contributed by atoms with Gasteiger partial charge in [0.05, 0.1) is 30.7 Å². The van der Waals surface area contributed by atoms with Crippen molar-refractivity contribution in [3.05, 3.63) is 29.8 Å². The van der Waals surface area contributed by atoms with Gasteiger partial charge in [-0.25, -0.2) is 14.5 Å². The first-order valence-electron chi connectivity index (χ1n) is 8.66. The number of methoxy groups -OCH3 is 1. The topological polar surface area (TPSA) is 81.9 Å². The number of carbonyl (C=O) groups is 1. The van der Waals surface area contributed by atoms with Crippen LogP contribution in [0.15, 0.2) is 18.5 Å². The zero-order chi connectivity index (χ0) is 18.0. The Morgan fingerprint density at radius 1 is 1.28 bits per heavy atom. The molecular weight excluding hydrogens is 318 g/mol. The molecule has 0 atom stereocenters. The molecule has 1 saturated carbocycles. The molecule has 3 rings (SSSR count). The molecule has 7 heteroatoms. The molecular formula is C18H25N5O2. The van der Waals surface area contributed by atoms with Crippen LogP contribution in [0.4, 0.5) is 11.6 Å². The number of hydrogen-bond acceptors (Lipinski definition) is 6. The monoisotopic (exact) mass is 343 g/mol. The molecule has 0 aliphatic heterocycles. The molecule has 1 fully saturated rings. The molecule has 0 aromatic carbocycles. The van der Waals surface area contributed by atoms with Crippen molar-refractivity contribution in [3.63, 3.8) is 0 Å². The van der Waals surface area contributed by atoms with Gasteiger partial charge in [0.2, 0.25) is 0 Å². The fourth-order valence-corrected chi connectivity index (χ4v) is 3.18. The zero-order valence-electron chi connectivity index (χ0n) is 15.2. The van der Waals surface area contributed by atoms with E-state index in [1.54, 1.807) is 6.20 Å². The number of nitrogens with zero attached hydrogens (tertiary/aromatic N) is 4. The molecule has 1 aliphatic carbocycles. The molecule has 134 valence electrons. The minimum absolute atomic E-state index is 0.172. The molecule has 7 nitrogen and oxygen atoms in total. The van der Waals surface area contributed by atoms with Crippen LogP contribution in [-0.2, 0) is 10.3 Å². The van der Waals surface area contributed by atoms with E-state index in [2.05, 4.69) is 42.1 Å². The number of nitrogens with one attached hydrogen (secondary N) is 1. The van der Waals surface area contributed by atoms with Crippen molar-refractivity contribution in [1.29, 1.82) is 0 Å². The van der Waals surface area contributed by atoms with E-state index in [0.717, 1.165) is 11.5 Å². The summed E-state index contributed by atoms with van der Waals surface area (Å²) in [7, 11) is 1.33. The summed E-state index contributed by atoms with van der Waals surface area (Å²) in [5.41, 5.74) is 1.12. The van der Waals surface area contributed by atoms with Crippen LogP contribution in [0.1, 0.15) is 68.6 Å². The normalized spacial score (nSPS) is 15.4. The highest BCUT2D eigenvalue weighted by molar-refractivity contribution is 5.87. The number of anilines is 2. The Labute approximate surface area is 147 Å². The van der Waals surface area contributed by atoms with Crippen molar-refractivity contribution < 1.29 is 9.53 Å². The lowest BCUT2D eigenvalue weighted by atomic mass is 10.0. The molecule has 0 spiro atoms. The molecule has 0 bridgehead atoms. The third kappa shape index (κ3) is 3.81. The maximum atomic E-state index is 11.7. The van der Waals surface area contributed by atoms with E-state index in [9.17, 15) is 4.79 Å². The Morgan fingerprint density at radius 3 is 2.64 bits per heavy atom. The summed E-state index contributed by atoms with van der Waals surface area (Å²) in [5, 5.41) is 8.11. The molecule has 0 radical (unpaired) electrons. The fraction of sp³-hybridized carbons (Fsp3) is 0.556. The van der Waals surface area contributed by atoms with E-state index >= 15 is 0 Å². The number of esters is 1. The summed E-state index contributed by atoms with van der Waals surface area (Å²) in [6.45, 7) is 6.33. The zero-order valence-corrected chi connectivity index (χ0v) is 15.2. The van der Waals surface area contributed by atoms with Crippen LogP contribution in [0.25, 0.3) is 0 Å². The third-order valence-corrected chi connectivity index (χ3v) is 4.42. The highest BCUT2D eigenvalue weighted by atomic mass is 16.5. The van der Waals surface area contributed by atoms with Crippen LogP contribution >= 0.6 is 0 Å². The number of hydrogen-bond donors (Lipinski definition) is 1. The van der Waals surface area contributed by atoms with Crippen molar-refractivity contribution in [3.8, 4) is 0 Å². The van der Waals surface area contributed by atoms with Gasteiger partial charge in [0.15, 0.2) is 11.5 Å². The lowest BCUT2D eigenvalue weighted by molar-refractivity contribution is 0.0593. The van der Waals surface area contributed by atoms with Gasteiger partial charge >= 0.3 is 5.97 Å². The van der Waals surface area contributed by atoms with E-state index in [0.29, 0.717) is 11.7 Å². The van der Waals surface area contributed by atoms with E-state index in [-0.39, 0.29) is 11.2 Å². The molecule has 2 aromatic rings. The lowest BCUT2D eigenvalue weighted by Crippen LogP contribution is -2.25. The minimum Gasteiger partial charge on any atom is -0.464 e. The minimum atomic E-state index is -0.507. The molecule has 2 aromatic heterocycles. The van der Waals surface area contributed by atoms with E-state index in [1.165, 1.54) is 39.0 Å². The Morgan fingerprint density at radius 2 is 2.00 bits per heavy atom. The summed E-state index contributed by atoms with van der Waals surface area (Å²) in [4.78, 5) is 20.0.